The second kappa shape index (κ2) is 8.78. The van der Waals surface area contributed by atoms with Crippen molar-refractivity contribution in [2.75, 3.05) is 5.75 Å². The first-order valence-electron chi connectivity index (χ1n) is 9.60. The Bertz CT molecular complexity index is 691. The van der Waals surface area contributed by atoms with Gasteiger partial charge in [0.05, 0.1) is 5.75 Å². The van der Waals surface area contributed by atoms with E-state index in [-0.39, 0.29) is 11.7 Å². The summed E-state index contributed by atoms with van der Waals surface area (Å²) in [7, 11) is 0. The molecule has 146 valence electrons. The molecule has 1 atom stereocenters. The molecule has 1 aliphatic heterocycles. The molecule has 2 fully saturated rings. The first-order valence-corrected chi connectivity index (χ1v) is 10.6. The SMILES string of the molecule is C[C@@]1(CCc2ccccc2)NC(=O)N(NC(=O)CSC2CCCCC2)C1=O. The van der Waals surface area contributed by atoms with Gasteiger partial charge in [-0.3, -0.25) is 15.0 Å². The summed E-state index contributed by atoms with van der Waals surface area (Å²) >= 11 is 1.62. The van der Waals surface area contributed by atoms with E-state index in [2.05, 4.69) is 10.7 Å². The predicted octanol–water partition coefficient (Wildman–Crippen LogP) is 3.03. The fourth-order valence-corrected chi connectivity index (χ4v) is 4.69. The van der Waals surface area contributed by atoms with Gasteiger partial charge >= 0.3 is 6.03 Å². The molecule has 7 heteroatoms. The maximum Gasteiger partial charge on any atom is 0.344 e. The van der Waals surface area contributed by atoms with Gasteiger partial charge in [-0.15, -0.1) is 11.8 Å². The van der Waals surface area contributed by atoms with Gasteiger partial charge in [0, 0.05) is 5.25 Å². The summed E-state index contributed by atoms with van der Waals surface area (Å²) in [6.07, 6.45) is 7.12. The number of aryl methyl sites for hydroxylation is 1. The molecule has 0 aromatic heterocycles. The molecule has 1 saturated carbocycles. The average molecular weight is 390 g/mol. The Labute approximate surface area is 164 Å². The van der Waals surface area contributed by atoms with Gasteiger partial charge in [0.15, 0.2) is 0 Å². The molecule has 3 rings (SSSR count). The number of nitrogens with one attached hydrogen (secondary N) is 2. The van der Waals surface area contributed by atoms with Gasteiger partial charge < -0.3 is 5.32 Å². The molecule has 4 amide bonds. The van der Waals surface area contributed by atoms with Crippen molar-refractivity contribution in [3.8, 4) is 0 Å². The highest BCUT2D eigenvalue weighted by Gasteiger charge is 2.48. The van der Waals surface area contributed by atoms with Crippen LogP contribution in [0.3, 0.4) is 0 Å². The van der Waals surface area contributed by atoms with Crippen LogP contribution in [-0.2, 0) is 16.0 Å². The van der Waals surface area contributed by atoms with Gasteiger partial charge in [0.1, 0.15) is 5.54 Å². The van der Waals surface area contributed by atoms with Gasteiger partial charge in [0.2, 0.25) is 5.91 Å². The smallest absolute Gasteiger partial charge is 0.322 e. The minimum absolute atomic E-state index is 0.266. The summed E-state index contributed by atoms with van der Waals surface area (Å²) in [6, 6.07) is 9.26. The summed E-state index contributed by atoms with van der Waals surface area (Å²) in [5, 5.41) is 4.07. The number of urea groups is 1. The number of carbonyl (C=O) groups excluding carboxylic acids is 3. The fourth-order valence-electron chi connectivity index (χ4n) is 3.58. The lowest BCUT2D eigenvalue weighted by Gasteiger charge is -2.22. The van der Waals surface area contributed by atoms with Crippen LogP contribution in [-0.4, -0.2) is 39.4 Å². The lowest BCUT2D eigenvalue weighted by Crippen LogP contribution is -2.49. The summed E-state index contributed by atoms with van der Waals surface area (Å²) in [6.45, 7) is 1.71. The maximum atomic E-state index is 12.7. The Morgan fingerprint density at radius 1 is 1.22 bits per heavy atom. The fraction of sp³-hybridized carbons (Fsp3) is 0.550. The molecule has 1 aliphatic carbocycles. The van der Waals surface area contributed by atoms with E-state index in [1.807, 2.05) is 30.3 Å². The van der Waals surface area contributed by atoms with Crippen LogP contribution >= 0.6 is 11.8 Å². The Hall–Kier alpha value is -2.02. The highest BCUT2D eigenvalue weighted by atomic mass is 32.2. The molecule has 0 unspecified atom stereocenters. The third kappa shape index (κ3) is 5.03. The topological polar surface area (TPSA) is 78.5 Å². The zero-order valence-electron chi connectivity index (χ0n) is 15.7. The zero-order chi connectivity index (χ0) is 19.3. The van der Waals surface area contributed by atoms with E-state index in [9.17, 15) is 14.4 Å². The van der Waals surface area contributed by atoms with Gasteiger partial charge in [-0.2, -0.15) is 5.01 Å². The Morgan fingerprint density at radius 2 is 1.93 bits per heavy atom. The number of hydrazine groups is 1. The predicted molar refractivity (Wildman–Crippen MR) is 106 cm³/mol. The molecule has 2 aliphatic rings. The van der Waals surface area contributed by atoms with Crippen LogP contribution in [0, 0.1) is 0 Å². The third-order valence-electron chi connectivity index (χ3n) is 5.26. The molecule has 1 aromatic carbocycles. The van der Waals surface area contributed by atoms with Gasteiger partial charge in [0.25, 0.3) is 5.91 Å². The molecule has 6 nitrogen and oxygen atoms in total. The van der Waals surface area contributed by atoms with Crippen LogP contribution in [0.1, 0.15) is 51.0 Å². The first kappa shape index (κ1) is 19.7. The van der Waals surface area contributed by atoms with Crippen molar-refractivity contribution in [3.63, 3.8) is 0 Å². The van der Waals surface area contributed by atoms with E-state index in [1.54, 1.807) is 18.7 Å². The standard InChI is InChI=1S/C20H27N3O3S/c1-20(13-12-15-8-4-2-5-9-15)18(25)23(19(26)21-20)22-17(24)14-27-16-10-6-3-7-11-16/h2,4-5,8-9,16H,3,6-7,10-14H2,1H3,(H,21,26)(H,22,24)/t20-/m0/s1. The number of rotatable bonds is 7. The van der Waals surface area contributed by atoms with Crippen molar-refractivity contribution < 1.29 is 14.4 Å². The monoisotopic (exact) mass is 389 g/mol. The minimum atomic E-state index is -1.00. The number of carbonyl (C=O) groups is 3. The van der Waals surface area contributed by atoms with Crippen molar-refractivity contribution >= 4 is 29.6 Å². The number of nitrogens with zero attached hydrogens (tertiary/aromatic N) is 1. The Morgan fingerprint density at radius 3 is 2.63 bits per heavy atom. The van der Waals surface area contributed by atoms with E-state index < -0.39 is 17.5 Å². The average Bonchev–Trinajstić information content (AvgIpc) is 2.90. The van der Waals surface area contributed by atoms with E-state index in [0.29, 0.717) is 18.1 Å². The third-order valence-corrected chi connectivity index (χ3v) is 6.63. The second-order valence-corrected chi connectivity index (χ2v) is 8.78. The first-order chi connectivity index (χ1) is 13.0. The quantitative estimate of drug-likeness (QED) is 0.703. The summed E-state index contributed by atoms with van der Waals surface area (Å²) in [5.41, 5.74) is 2.58. The van der Waals surface area contributed by atoms with Gasteiger partial charge in [-0.25, -0.2) is 4.79 Å². The number of hydrogen-bond acceptors (Lipinski definition) is 4. The number of benzene rings is 1. The van der Waals surface area contributed by atoms with Crippen LogP contribution in [0.5, 0.6) is 0 Å². The maximum absolute atomic E-state index is 12.7. The molecule has 1 saturated heterocycles. The molecule has 1 heterocycles. The van der Waals surface area contributed by atoms with Crippen LogP contribution in [0.25, 0.3) is 0 Å². The molecule has 1 aromatic rings. The van der Waals surface area contributed by atoms with Crippen molar-refractivity contribution in [3.05, 3.63) is 35.9 Å². The largest absolute Gasteiger partial charge is 0.344 e. The Balaban J connectivity index is 1.51. The van der Waals surface area contributed by atoms with E-state index in [4.69, 9.17) is 0 Å². The molecule has 0 radical (unpaired) electrons. The zero-order valence-corrected chi connectivity index (χ0v) is 16.5. The van der Waals surface area contributed by atoms with Crippen LogP contribution in [0.2, 0.25) is 0 Å². The minimum Gasteiger partial charge on any atom is -0.322 e. The second-order valence-electron chi connectivity index (χ2n) is 7.49. The summed E-state index contributed by atoms with van der Waals surface area (Å²) in [4.78, 5) is 37.2. The van der Waals surface area contributed by atoms with Crippen LogP contribution < -0.4 is 10.7 Å². The highest BCUT2D eigenvalue weighted by Crippen LogP contribution is 2.28. The lowest BCUT2D eigenvalue weighted by atomic mass is 9.93. The number of hydrogen-bond donors (Lipinski definition) is 2. The van der Waals surface area contributed by atoms with Gasteiger partial charge in [-0.05, 0) is 38.2 Å². The van der Waals surface area contributed by atoms with Crippen LogP contribution in [0.15, 0.2) is 30.3 Å². The molecule has 27 heavy (non-hydrogen) atoms. The number of amides is 4. The van der Waals surface area contributed by atoms with Gasteiger partial charge in [-0.1, -0.05) is 49.6 Å². The van der Waals surface area contributed by atoms with Crippen molar-refractivity contribution in [2.24, 2.45) is 0 Å². The Kier molecular flexibility index (Phi) is 6.42. The van der Waals surface area contributed by atoms with Crippen molar-refractivity contribution in [1.82, 2.24) is 15.8 Å². The summed E-state index contributed by atoms with van der Waals surface area (Å²) < 4.78 is 0. The number of thioether (sulfide) groups is 1. The van der Waals surface area contributed by atoms with E-state index in [1.165, 1.54) is 19.3 Å². The molecular formula is C20H27N3O3S. The number of imide groups is 1. The van der Waals surface area contributed by atoms with E-state index in [0.717, 1.165) is 23.4 Å². The lowest BCUT2D eigenvalue weighted by molar-refractivity contribution is -0.138. The van der Waals surface area contributed by atoms with Crippen LogP contribution in [0.4, 0.5) is 4.79 Å². The van der Waals surface area contributed by atoms with E-state index >= 15 is 0 Å². The highest BCUT2D eigenvalue weighted by molar-refractivity contribution is 8.00. The normalized spacial score (nSPS) is 23.4. The molecular weight excluding hydrogens is 362 g/mol. The van der Waals surface area contributed by atoms with Crippen molar-refractivity contribution in [2.45, 2.75) is 62.7 Å². The van der Waals surface area contributed by atoms with Crippen molar-refractivity contribution in [1.29, 1.82) is 0 Å². The molecule has 0 bridgehead atoms. The molecule has 2 N–H and O–H groups in total. The summed E-state index contributed by atoms with van der Waals surface area (Å²) in [5.74, 6) is -0.441. The molecule has 0 spiro atoms.